The topological polar surface area (TPSA) is 86.7 Å². The fourth-order valence-electron chi connectivity index (χ4n) is 2.93. The van der Waals surface area contributed by atoms with Crippen molar-refractivity contribution in [3.05, 3.63) is 34.9 Å². The van der Waals surface area contributed by atoms with Gasteiger partial charge in [0.1, 0.15) is 0 Å². The predicted octanol–water partition coefficient (Wildman–Crippen LogP) is 2.48. The number of nitrogens with zero attached hydrogens (tertiary/aromatic N) is 1. The van der Waals surface area contributed by atoms with E-state index in [0.717, 1.165) is 0 Å². The van der Waals surface area contributed by atoms with Gasteiger partial charge in [-0.3, -0.25) is 9.59 Å². The van der Waals surface area contributed by atoms with E-state index in [2.05, 4.69) is 5.32 Å². The van der Waals surface area contributed by atoms with Crippen molar-refractivity contribution < 1.29 is 19.5 Å². The monoisotopic (exact) mass is 366 g/mol. The lowest BCUT2D eigenvalue weighted by Gasteiger charge is -2.33. The summed E-state index contributed by atoms with van der Waals surface area (Å²) in [7, 11) is 0. The molecule has 2 amide bonds. The number of amides is 2. The van der Waals surface area contributed by atoms with Crippen molar-refractivity contribution in [2.75, 3.05) is 13.1 Å². The second-order valence-electron chi connectivity index (χ2n) is 6.59. The van der Waals surface area contributed by atoms with Gasteiger partial charge in [0, 0.05) is 29.9 Å². The Morgan fingerprint density at radius 3 is 2.20 bits per heavy atom. The summed E-state index contributed by atoms with van der Waals surface area (Å²) in [6.45, 7) is 4.75. The van der Waals surface area contributed by atoms with Gasteiger partial charge < -0.3 is 15.3 Å². The Balaban J connectivity index is 1.97. The van der Waals surface area contributed by atoms with Gasteiger partial charge in [-0.15, -0.1) is 0 Å². The van der Waals surface area contributed by atoms with E-state index in [-0.39, 0.29) is 23.7 Å². The summed E-state index contributed by atoms with van der Waals surface area (Å²) in [4.78, 5) is 37.7. The van der Waals surface area contributed by atoms with E-state index in [0.29, 0.717) is 36.5 Å². The van der Waals surface area contributed by atoms with Crippen LogP contribution in [0.5, 0.6) is 0 Å². The first-order valence-electron chi connectivity index (χ1n) is 8.37. The van der Waals surface area contributed by atoms with Crippen LogP contribution in [0.3, 0.4) is 0 Å². The van der Waals surface area contributed by atoms with Gasteiger partial charge in [0.15, 0.2) is 6.04 Å². The minimum absolute atomic E-state index is 0.0633. The number of hydrogen-bond acceptors (Lipinski definition) is 3. The molecule has 0 radical (unpaired) electrons. The van der Waals surface area contributed by atoms with E-state index in [1.165, 1.54) is 0 Å². The van der Waals surface area contributed by atoms with E-state index < -0.39 is 12.0 Å². The maximum Gasteiger partial charge on any atom is 0.330 e. The molecule has 1 saturated heterocycles. The first-order valence-corrected chi connectivity index (χ1v) is 8.74. The highest BCUT2D eigenvalue weighted by Crippen LogP contribution is 2.22. The maximum absolute atomic E-state index is 12.5. The molecule has 0 saturated carbocycles. The third-order valence-electron chi connectivity index (χ3n) is 4.41. The molecule has 6 nitrogen and oxygen atoms in total. The van der Waals surface area contributed by atoms with Crippen molar-refractivity contribution in [1.29, 1.82) is 0 Å². The van der Waals surface area contributed by atoms with Crippen LogP contribution in [0.25, 0.3) is 0 Å². The van der Waals surface area contributed by atoms with Crippen LogP contribution < -0.4 is 5.32 Å². The molecular formula is C18H23ClN2O4. The molecule has 2 N–H and O–H groups in total. The molecule has 1 aromatic rings. The van der Waals surface area contributed by atoms with Gasteiger partial charge in [-0.1, -0.05) is 37.6 Å². The smallest absolute Gasteiger partial charge is 0.330 e. The number of hydrogen-bond donors (Lipinski definition) is 2. The number of benzene rings is 1. The number of likely N-dealkylation sites (tertiary alicyclic amines) is 1. The van der Waals surface area contributed by atoms with Gasteiger partial charge in [0.05, 0.1) is 0 Å². The number of aliphatic carboxylic acids is 1. The van der Waals surface area contributed by atoms with Gasteiger partial charge in [-0.05, 0) is 30.5 Å². The molecule has 0 spiro atoms. The number of carboxylic acids is 1. The molecule has 25 heavy (non-hydrogen) atoms. The van der Waals surface area contributed by atoms with Gasteiger partial charge in [0.2, 0.25) is 11.8 Å². The number of nitrogens with one attached hydrogen (secondary N) is 1. The number of halogens is 1. The van der Waals surface area contributed by atoms with Crippen LogP contribution in [0.1, 0.15) is 38.3 Å². The number of carboxylic acid groups (broad SMARTS) is 1. The highest BCUT2D eigenvalue weighted by Gasteiger charge is 2.31. The molecule has 2 rings (SSSR count). The van der Waals surface area contributed by atoms with Crippen molar-refractivity contribution >= 4 is 29.4 Å². The predicted molar refractivity (Wildman–Crippen MR) is 94.1 cm³/mol. The normalized spacial score (nSPS) is 16.6. The summed E-state index contributed by atoms with van der Waals surface area (Å²) in [5.41, 5.74) is 0.470. The molecule has 0 bridgehead atoms. The van der Waals surface area contributed by atoms with Crippen molar-refractivity contribution in [2.24, 2.45) is 11.8 Å². The summed E-state index contributed by atoms with van der Waals surface area (Å²) in [5.74, 6) is -1.68. The molecule has 136 valence electrons. The van der Waals surface area contributed by atoms with Crippen LogP contribution in [0.2, 0.25) is 5.02 Å². The van der Waals surface area contributed by atoms with Crippen molar-refractivity contribution in [3.63, 3.8) is 0 Å². The number of rotatable bonds is 5. The lowest BCUT2D eigenvalue weighted by Crippen LogP contribution is -2.45. The van der Waals surface area contributed by atoms with Gasteiger partial charge >= 0.3 is 5.97 Å². The molecule has 7 heteroatoms. The van der Waals surface area contributed by atoms with Crippen molar-refractivity contribution in [1.82, 2.24) is 10.2 Å². The van der Waals surface area contributed by atoms with Gasteiger partial charge in [0.25, 0.3) is 0 Å². The Kier molecular flexibility index (Phi) is 6.42. The SMILES string of the molecule is CC(C)C(=O)N1CCC(C(=O)NC(C(=O)O)c2ccc(Cl)cc2)CC1. The fourth-order valence-corrected chi connectivity index (χ4v) is 3.06. The Hall–Kier alpha value is -2.08. The first kappa shape index (κ1) is 19.2. The first-order chi connectivity index (χ1) is 11.8. The summed E-state index contributed by atoms with van der Waals surface area (Å²) in [5, 5.41) is 12.5. The average molecular weight is 367 g/mol. The summed E-state index contributed by atoms with van der Waals surface area (Å²) in [6, 6.07) is 5.25. The number of piperidine rings is 1. The Labute approximate surface area is 152 Å². The molecule has 1 aliphatic heterocycles. The lowest BCUT2D eigenvalue weighted by molar-refractivity contribution is -0.143. The Morgan fingerprint density at radius 2 is 1.72 bits per heavy atom. The highest BCUT2D eigenvalue weighted by molar-refractivity contribution is 6.30. The largest absolute Gasteiger partial charge is 0.479 e. The third kappa shape index (κ3) is 4.95. The Bertz CT molecular complexity index is 637. The molecule has 1 unspecified atom stereocenters. The lowest BCUT2D eigenvalue weighted by atomic mass is 9.94. The summed E-state index contributed by atoms with van der Waals surface area (Å²) < 4.78 is 0. The van der Waals surface area contributed by atoms with Crippen molar-refractivity contribution in [3.8, 4) is 0 Å². The second-order valence-corrected chi connectivity index (χ2v) is 7.02. The number of carbonyl (C=O) groups excluding carboxylic acids is 2. The van der Waals surface area contributed by atoms with E-state index in [4.69, 9.17) is 11.6 Å². The minimum Gasteiger partial charge on any atom is -0.479 e. The third-order valence-corrected chi connectivity index (χ3v) is 4.66. The minimum atomic E-state index is -1.12. The van der Waals surface area contributed by atoms with Crippen LogP contribution >= 0.6 is 11.6 Å². The number of carbonyl (C=O) groups is 3. The fraction of sp³-hybridized carbons (Fsp3) is 0.500. The van der Waals surface area contributed by atoms with Crippen LogP contribution in [0, 0.1) is 11.8 Å². The Morgan fingerprint density at radius 1 is 1.16 bits per heavy atom. The quantitative estimate of drug-likeness (QED) is 0.838. The zero-order valence-electron chi connectivity index (χ0n) is 14.4. The standard InChI is InChI=1S/C18H23ClN2O4/c1-11(2)17(23)21-9-7-13(8-10-21)16(22)20-15(18(24)25)12-3-5-14(19)6-4-12/h3-6,11,13,15H,7-10H2,1-2H3,(H,20,22)(H,24,25). The maximum atomic E-state index is 12.5. The molecule has 1 fully saturated rings. The second kappa shape index (κ2) is 8.34. The molecule has 1 heterocycles. The zero-order valence-corrected chi connectivity index (χ0v) is 15.1. The van der Waals surface area contributed by atoms with Crippen LogP contribution in [-0.4, -0.2) is 40.9 Å². The molecule has 1 atom stereocenters. The van der Waals surface area contributed by atoms with Gasteiger partial charge in [-0.2, -0.15) is 0 Å². The molecule has 0 aromatic heterocycles. The molecule has 1 aliphatic rings. The van der Waals surface area contributed by atoms with E-state index in [1.807, 2.05) is 13.8 Å². The molecule has 0 aliphatic carbocycles. The molecule has 1 aromatic carbocycles. The van der Waals surface area contributed by atoms with Crippen molar-refractivity contribution in [2.45, 2.75) is 32.7 Å². The van der Waals surface area contributed by atoms with Crippen LogP contribution in [0.4, 0.5) is 0 Å². The average Bonchev–Trinajstić information content (AvgIpc) is 2.59. The van der Waals surface area contributed by atoms with Crippen LogP contribution in [0.15, 0.2) is 24.3 Å². The summed E-state index contributed by atoms with van der Waals surface area (Å²) in [6.07, 6.45) is 1.08. The highest BCUT2D eigenvalue weighted by atomic mass is 35.5. The van der Waals surface area contributed by atoms with Gasteiger partial charge in [-0.25, -0.2) is 4.79 Å². The van der Waals surface area contributed by atoms with E-state index in [9.17, 15) is 19.5 Å². The molecular weight excluding hydrogens is 344 g/mol. The zero-order chi connectivity index (χ0) is 18.6. The van der Waals surface area contributed by atoms with E-state index in [1.54, 1.807) is 29.2 Å². The van der Waals surface area contributed by atoms with Crippen LogP contribution in [-0.2, 0) is 14.4 Å². The van der Waals surface area contributed by atoms with E-state index >= 15 is 0 Å². The summed E-state index contributed by atoms with van der Waals surface area (Å²) >= 11 is 5.82.